The lowest BCUT2D eigenvalue weighted by atomic mass is 9.94. The van der Waals surface area contributed by atoms with E-state index in [1.165, 1.54) is 5.39 Å². The molecule has 1 aliphatic rings. The Morgan fingerprint density at radius 3 is 2.08 bits per heavy atom. The Morgan fingerprint density at radius 2 is 1.16 bits per heavy atom. The smallest absolute Gasteiger partial charge is 0.160 e. The molecule has 11 aromatic rings. The Bertz CT molecular complexity index is 3340. The van der Waals surface area contributed by atoms with Crippen LogP contribution in [0.4, 0.5) is 5.69 Å². The molecule has 238 valence electrons. The fraction of sp³-hybridized carbons (Fsp3) is 0.0217. The minimum atomic E-state index is 0.625. The first kappa shape index (κ1) is 27.0. The van der Waals surface area contributed by atoms with E-state index in [2.05, 4.69) is 120 Å². The van der Waals surface area contributed by atoms with Gasteiger partial charge in [0.05, 0.1) is 22.1 Å². The lowest BCUT2D eigenvalue weighted by molar-refractivity contribution is 0.662. The summed E-state index contributed by atoms with van der Waals surface area (Å²) >= 11 is 0. The highest BCUT2D eigenvalue weighted by Crippen LogP contribution is 2.43. The van der Waals surface area contributed by atoms with Crippen LogP contribution < -0.4 is 0 Å². The molecule has 5 heterocycles. The molecule has 5 heteroatoms. The lowest BCUT2D eigenvalue weighted by Crippen LogP contribution is -2.10. The molecule has 1 aliphatic heterocycles. The van der Waals surface area contributed by atoms with Gasteiger partial charge in [-0.15, -0.1) is 0 Å². The number of aromatic nitrogens is 1. The molecule has 0 radical (unpaired) electrons. The number of hydrogen-bond acceptors (Lipinski definition) is 4. The summed E-state index contributed by atoms with van der Waals surface area (Å²) in [6.07, 6.45) is 2.95. The summed E-state index contributed by atoms with van der Waals surface area (Å²) < 4.78 is 21.7. The Kier molecular flexibility index (Phi) is 5.23. The van der Waals surface area contributed by atoms with E-state index < -0.39 is 0 Å². The third kappa shape index (κ3) is 3.67. The third-order valence-electron chi connectivity index (χ3n) is 10.7. The number of benzene rings is 7. The van der Waals surface area contributed by atoms with Gasteiger partial charge in [-0.25, -0.2) is 4.99 Å². The van der Waals surface area contributed by atoms with Gasteiger partial charge in [0.25, 0.3) is 0 Å². The van der Waals surface area contributed by atoms with E-state index in [-0.39, 0.29) is 0 Å². The molecule has 7 aromatic carbocycles. The molecule has 5 nitrogen and oxygen atoms in total. The minimum absolute atomic E-state index is 0.625. The Balaban J connectivity index is 1.07. The predicted molar refractivity (Wildman–Crippen MR) is 208 cm³/mol. The quantitative estimate of drug-likeness (QED) is 0.177. The van der Waals surface area contributed by atoms with Crippen molar-refractivity contribution in [1.29, 1.82) is 0 Å². The third-order valence-corrected chi connectivity index (χ3v) is 10.7. The average Bonchev–Trinajstić information content (AvgIpc) is 3.90. The van der Waals surface area contributed by atoms with Gasteiger partial charge in [-0.1, -0.05) is 91.0 Å². The number of furan rings is 3. The van der Waals surface area contributed by atoms with Crippen LogP contribution in [0.5, 0.6) is 0 Å². The summed E-state index contributed by atoms with van der Waals surface area (Å²) in [7, 11) is 0. The maximum Gasteiger partial charge on any atom is 0.160 e. The molecule has 0 atom stereocenters. The van der Waals surface area contributed by atoms with Crippen molar-refractivity contribution in [2.75, 3.05) is 0 Å². The van der Waals surface area contributed by atoms with Gasteiger partial charge < -0.3 is 13.3 Å². The average molecular weight is 655 g/mol. The van der Waals surface area contributed by atoms with Gasteiger partial charge in [0, 0.05) is 49.7 Å². The first-order chi connectivity index (χ1) is 25.3. The molecule has 0 bridgehead atoms. The predicted octanol–water partition coefficient (Wildman–Crippen LogP) is 12.9. The van der Waals surface area contributed by atoms with Crippen molar-refractivity contribution in [3.05, 3.63) is 157 Å². The zero-order chi connectivity index (χ0) is 33.2. The fourth-order valence-electron chi connectivity index (χ4n) is 8.41. The van der Waals surface area contributed by atoms with E-state index in [0.29, 0.717) is 6.42 Å². The van der Waals surface area contributed by atoms with E-state index in [1.54, 1.807) is 0 Å². The highest BCUT2D eigenvalue weighted by Gasteiger charge is 2.23. The van der Waals surface area contributed by atoms with Crippen LogP contribution >= 0.6 is 0 Å². The van der Waals surface area contributed by atoms with Crippen molar-refractivity contribution in [3.63, 3.8) is 0 Å². The summed E-state index contributed by atoms with van der Waals surface area (Å²) in [5, 5.41) is 8.78. The van der Waals surface area contributed by atoms with Crippen molar-refractivity contribution in [2.24, 2.45) is 4.99 Å². The Labute approximate surface area is 289 Å². The van der Waals surface area contributed by atoms with E-state index in [9.17, 15) is 0 Å². The fourth-order valence-corrected chi connectivity index (χ4v) is 8.41. The van der Waals surface area contributed by atoms with E-state index >= 15 is 0 Å². The Morgan fingerprint density at radius 1 is 0.490 bits per heavy atom. The number of fused-ring (bicyclic) bond motifs is 15. The van der Waals surface area contributed by atoms with Gasteiger partial charge >= 0.3 is 0 Å². The summed E-state index contributed by atoms with van der Waals surface area (Å²) in [5.41, 5.74) is 11.6. The van der Waals surface area contributed by atoms with Crippen LogP contribution in [0.1, 0.15) is 17.5 Å². The molecule has 0 fully saturated rings. The number of aliphatic imine (C=N–C) groups is 1. The maximum atomic E-state index is 6.63. The van der Waals surface area contributed by atoms with Crippen LogP contribution in [0.2, 0.25) is 0 Å². The topological polar surface area (TPSA) is 56.7 Å². The van der Waals surface area contributed by atoms with Gasteiger partial charge in [-0.2, -0.15) is 0 Å². The molecule has 4 aromatic heterocycles. The van der Waals surface area contributed by atoms with Crippen LogP contribution in [0.15, 0.2) is 164 Å². The monoisotopic (exact) mass is 654 g/mol. The SMILES string of the molecule is C1=C(c2ccc3oc4c(ccc5oc6ccccc6c54)c3c2)c2ccccc2N=C(n2c3ccccc3c3ccc4c5ccccc5oc4c32)C1. The Hall–Kier alpha value is -6.85. The largest absolute Gasteiger partial charge is 0.456 e. The first-order valence-electron chi connectivity index (χ1n) is 17.3. The molecule has 0 saturated heterocycles. The van der Waals surface area contributed by atoms with Gasteiger partial charge in [0.15, 0.2) is 5.58 Å². The molecular weight excluding hydrogens is 629 g/mol. The molecule has 0 aliphatic carbocycles. The summed E-state index contributed by atoms with van der Waals surface area (Å²) in [4.78, 5) is 5.43. The normalized spacial score (nSPS) is 13.6. The second-order valence-corrected chi connectivity index (χ2v) is 13.4. The number of nitrogens with zero attached hydrogens (tertiary/aromatic N) is 2. The number of hydrogen-bond donors (Lipinski definition) is 0. The molecule has 0 unspecified atom stereocenters. The van der Waals surface area contributed by atoms with E-state index in [1.807, 2.05) is 30.3 Å². The van der Waals surface area contributed by atoms with Crippen LogP contribution in [0.3, 0.4) is 0 Å². The molecule has 0 N–H and O–H groups in total. The number of allylic oxidation sites excluding steroid dienone is 1. The van der Waals surface area contributed by atoms with Crippen molar-refractivity contribution in [1.82, 2.24) is 4.57 Å². The zero-order valence-corrected chi connectivity index (χ0v) is 27.2. The summed E-state index contributed by atoms with van der Waals surface area (Å²) in [6.45, 7) is 0. The van der Waals surface area contributed by atoms with Crippen molar-refractivity contribution < 1.29 is 13.3 Å². The highest BCUT2D eigenvalue weighted by atomic mass is 16.3. The van der Waals surface area contributed by atoms with Gasteiger partial charge in [0.2, 0.25) is 0 Å². The number of para-hydroxylation sites is 4. The lowest BCUT2D eigenvalue weighted by Gasteiger charge is -2.10. The van der Waals surface area contributed by atoms with Gasteiger partial charge in [0.1, 0.15) is 33.8 Å². The second-order valence-electron chi connectivity index (χ2n) is 13.4. The van der Waals surface area contributed by atoms with Gasteiger partial charge in [-0.3, -0.25) is 4.57 Å². The minimum Gasteiger partial charge on any atom is -0.456 e. The van der Waals surface area contributed by atoms with Crippen LogP contribution in [-0.2, 0) is 0 Å². The van der Waals surface area contributed by atoms with Crippen LogP contribution in [0, 0.1) is 0 Å². The van der Waals surface area contributed by atoms with Crippen molar-refractivity contribution >= 4 is 105 Å². The van der Waals surface area contributed by atoms with E-state index in [4.69, 9.17) is 18.2 Å². The van der Waals surface area contributed by atoms with Crippen molar-refractivity contribution in [2.45, 2.75) is 6.42 Å². The molecule has 0 saturated carbocycles. The van der Waals surface area contributed by atoms with Crippen LogP contribution in [0.25, 0.3) is 93.2 Å². The van der Waals surface area contributed by atoms with Gasteiger partial charge in [-0.05, 0) is 65.7 Å². The second kappa shape index (κ2) is 9.87. The molecule has 51 heavy (non-hydrogen) atoms. The summed E-state index contributed by atoms with van der Waals surface area (Å²) in [6, 6.07) is 48.6. The number of rotatable bonds is 1. The maximum absolute atomic E-state index is 6.63. The van der Waals surface area contributed by atoms with E-state index in [0.717, 1.165) is 110 Å². The molecular formula is C46H26N2O3. The first-order valence-corrected chi connectivity index (χ1v) is 17.3. The molecule has 0 amide bonds. The van der Waals surface area contributed by atoms with Crippen molar-refractivity contribution in [3.8, 4) is 0 Å². The molecule has 0 spiro atoms. The van der Waals surface area contributed by atoms with Crippen LogP contribution in [-0.4, -0.2) is 10.4 Å². The molecule has 12 rings (SSSR count). The highest BCUT2D eigenvalue weighted by molar-refractivity contribution is 6.25. The summed E-state index contributed by atoms with van der Waals surface area (Å²) in [5.74, 6) is 0.945. The zero-order valence-electron chi connectivity index (χ0n) is 27.2. The standard InChI is InChI=1S/C46H26N2O3/c1-5-13-36-28(9-1)27(26-17-22-40-35(25-26)33-20-23-41-43(45(33)50-40)34-12-4-8-16-39(34)49-41)21-24-42(47-36)48-37-14-6-2-10-29(37)31-18-19-32-30-11-3-7-15-38(30)51-46(32)44(31)48/h1-23,25H,24H2.